The summed E-state index contributed by atoms with van der Waals surface area (Å²) in [6.45, 7) is 0. The van der Waals surface area contributed by atoms with E-state index in [-0.39, 0.29) is 5.82 Å². The van der Waals surface area contributed by atoms with Crippen molar-refractivity contribution >= 4 is 5.57 Å². The molecule has 1 heteroatoms. The predicted octanol–water partition coefficient (Wildman–Crippen LogP) is 3.56. The van der Waals surface area contributed by atoms with E-state index < -0.39 is 0 Å². The summed E-state index contributed by atoms with van der Waals surface area (Å²) in [6, 6.07) is 6.72. The van der Waals surface area contributed by atoms with Crippen molar-refractivity contribution in [2.75, 3.05) is 0 Å². The maximum absolute atomic E-state index is 12.9. The van der Waals surface area contributed by atoms with Gasteiger partial charge in [-0.15, -0.1) is 0 Å². The van der Waals surface area contributed by atoms with Crippen molar-refractivity contribution in [3.8, 4) is 0 Å². The van der Waals surface area contributed by atoms with E-state index in [4.69, 9.17) is 0 Å². The van der Waals surface area contributed by atoms with Crippen LogP contribution in [-0.4, -0.2) is 0 Å². The van der Waals surface area contributed by atoms with Crippen molar-refractivity contribution in [1.29, 1.82) is 0 Å². The molecule has 0 spiro atoms. The lowest BCUT2D eigenvalue weighted by Crippen LogP contribution is -1.86. The van der Waals surface area contributed by atoms with Gasteiger partial charge < -0.3 is 0 Å². The van der Waals surface area contributed by atoms with E-state index >= 15 is 0 Å². The SMILES string of the molecule is Fc1cccc(C2=CCCC=C2)c1. The molecule has 13 heavy (non-hydrogen) atoms. The van der Waals surface area contributed by atoms with Crippen LogP contribution in [0.4, 0.5) is 4.39 Å². The molecule has 0 radical (unpaired) electrons. The van der Waals surface area contributed by atoms with Crippen LogP contribution in [0.1, 0.15) is 18.4 Å². The van der Waals surface area contributed by atoms with Gasteiger partial charge in [-0.05, 0) is 36.1 Å². The fourth-order valence-corrected chi connectivity index (χ4v) is 1.50. The zero-order chi connectivity index (χ0) is 9.10. The highest BCUT2D eigenvalue weighted by Crippen LogP contribution is 2.21. The minimum Gasteiger partial charge on any atom is -0.207 e. The number of hydrogen-bond acceptors (Lipinski definition) is 0. The average molecular weight is 174 g/mol. The average Bonchev–Trinajstić information content (AvgIpc) is 2.19. The molecule has 0 aromatic heterocycles. The van der Waals surface area contributed by atoms with E-state index in [0.29, 0.717) is 0 Å². The topological polar surface area (TPSA) is 0 Å². The van der Waals surface area contributed by atoms with Gasteiger partial charge in [0.05, 0.1) is 0 Å². The summed E-state index contributed by atoms with van der Waals surface area (Å²) in [4.78, 5) is 0. The second-order valence-electron chi connectivity index (χ2n) is 3.15. The second kappa shape index (κ2) is 3.56. The lowest BCUT2D eigenvalue weighted by atomic mass is 10.00. The van der Waals surface area contributed by atoms with Crippen LogP contribution in [0, 0.1) is 5.82 Å². The molecule has 0 heterocycles. The first-order valence-electron chi connectivity index (χ1n) is 4.49. The third-order valence-electron chi connectivity index (χ3n) is 2.15. The fraction of sp³-hybridized carbons (Fsp3) is 0.167. The monoisotopic (exact) mass is 174 g/mol. The number of rotatable bonds is 1. The molecule has 0 fully saturated rings. The van der Waals surface area contributed by atoms with Crippen LogP contribution in [0.3, 0.4) is 0 Å². The summed E-state index contributed by atoms with van der Waals surface area (Å²) in [7, 11) is 0. The summed E-state index contributed by atoms with van der Waals surface area (Å²) in [6.07, 6.45) is 8.48. The van der Waals surface area contributed by atoms with Gasteiger partial charge in [0, 0.05) is 0 Å². The minimum atomic E-state index is -0.169. The molecule has 2 rings (SSSR count). The molecule has 1 aliphatic rings. The summed E-state index contributed by atoms with van der Waals surface area (Å²) in [5, 5.41) is 0. The molecule has 0 unspecified atom stereocenters. The minimum absolute atomic E-state index is 0.169. The van der Waals surface area contributed by atoms with Crippen LogP contribution >= 0.6 is 0 Å². The van der Waals surface area contributed by atoms with Gasteiger partial charge in [0.2, 0.25) is 0 Å². The van der Waals surface area contributed by atoms with Crippen LogP contribution in [0.15, 0.2) is 42.5 Å². The summed E-state index contributed by atoms with van der Waals surface area (Å²) < 4.78 is 12.9. The van der Waals surface area contributed by atoms with Gasteiger partial charge >= 0.3 is 0 Å². The molecule has 0 N–H and O–H groups in total. The van der Waals surface area contributed by atoms with Crippen LogP contribution in [0.25, 0.3) is 5.57 Å². The summed E-state index contributed by atoms with van der Waals surface area (Å²) in [5.74, 6) is -0.169. The zero-order valence-electron chi connectivity index (χ0n) is 7.33. The van der Waals surface area contributed by atoms with Gasteiger partial charge in [-0.2, -0.15) is 0 Å². The molecule has 0 bridgehead atoms. The van der Waals surface area contributed by atoms with E-state index in [1.54, 1.807) is 12.1 Å². The number of halogens is 1. The van der Waals surface area contributed by atoms with Crippen molar-refractivity contribution in [2.45, 2.75) is 12.8 Å². The number of hydrogen-bond donors (Lipinski definition) is 0. The Kier molecular flexibility index (Phi) is 2.26. The normalized spacial score (nSPS) is 15.6. The highest BCUT2D eigenvalue weighted by Gasteiger charge is 2.01. The molecule has 0 amide bonds. The fourth-order valence-electron chi connectivity index (χ4n) is 1.50. The molecule has 0 saturated carbocycles. The number of allylic oxidation sites excluding steroid dienone is 4. The molecular formula is C12H11F. The molecule has 1 aromatic rings. The van der Waals surface area contributed by atoms with E-state index in [0.717, 1.165) is 24.0 Å². The first kappa shape index (κ1) is 8.24. The largest absolute Gasteiger partial charge is 0.207 e. The van der Waals surface area contributed by atoms with Gasteiger partial charge in [0.15, 0.2) is 0 Å². The molecule has 0 atom stereocenters. The Labute approximate surface area is 77.4 Å². The maximum atomic E-state index is 12.9. The quantitative estimate of drug-likeness (QED) is 0.610. The number of benzene rings is 1. The van der Waals surface area contributed by atoms with Crippen molar-refractivity contribution in [1.82, 2.24) is 0 Å². The van der Waals surface area contributed by atoms with E-state index in [2.05, 4.69) is 18.2 Å². The maximum Gasteiger partial charge on any atom is 0.123 e. The Morgan fingerprint density at radius 1 is 1.15 bits per heavy atom. The third kappa shape index (κ3) is 1.86. The van der Waals surface area contributed by atoms with Crippen molar-refractivity contribution in [2.24, 2.45) is 0 Å². The second-order valence-corrected chi connectivity index (χ2v) is 3.15. The lowest BCUT2D eigenvalue weighted by Gasteiger charge is -2.06. The van der Waals surface area contributed by atoms with Gasteiger partial charge in [0.25, 0.3) is 0 Å². The first-order valence-corrected chi connectivity index (χ1v) is 4.49. The Morgan fingerprint density at radius 3 is 2.77 bits per heavy atom. The van der Waals surface area contributed by atoms with Crippen LogP contribution in [0.5, 0.6) is 0 Å². The Morgan fingerprint density at radius 2 is 2.08 bits per heavy atom. The molecule has 0 aliphatic heterocycles. The van der Waals surface area contributed by atoms with E-state index in [1.807, 2.05) is 6.07 Å². The lowest BCUT2D eigenvalue weighted by molar-refractivity contribution is 0.627. The van der Waals surface area contributed by atoms with E-state index in [9.17, 15) is 4.39 Å². The Balaban J connectivity index is 2.35. The van der Waals surface area contributed by atoms with E-state index in [1.165, 1.54) is 6.07 Å². The van der Waals surface area contributed by atoms with Crippen molar-refractivity contribution in [3.05, 3.63) is 53.9 Å². The molecule has 0 saturated heterocycles. The standard InChI is InChI=1S/C12H11F/c13-12-8-4-7-11(9-12)10-5-2-1-3-6-10/h2,4-9H,1,3H2. The summed E-state index contributed by atoms with van der Waals surface area (Å²) in [5.41, 5.74) is 2.10. The van der Waals surface area contributed by atoms with Crippen molar-refractivity contribution < 1.29 is 4.39 Å². The van der Waals surface area contributed by atoms with Gasteiger partial charge in [-0.1, -0.05) is 30.4 Å². The molecular weight excluding hydrogens is 163 g/mol. The van der Waals surface area contributed by atoms with Gasteiger partial charge in [-0.3, -0.25) is 0 Å². The van der Waals surface area contributed by atoms with Crippen LogP contribution < -0.4 is 0 Å². The van der Waals surface area contributed by atoms with Crippen molar-refractivity contribution in [3.63, 3.8) is 0 Å². The Hall–Kier alpha value is -1.37. The first-order chi connectivity index (χ1) is 6.36. The molecule has 1 aromatic carbocycles. The predicted molar refractivity (Wildman–Crippen MR) is 52.8 cm³/mol. The van der Waals surface area contributed by atoms with Gasteiger partial charge in [0.1, 0.15) is 5.82 Å². The highest BCUT2D eigenvalue weighted by molar-refractivity contribution is 5.74. The molecule has 0 nitrogen and oxygen atoms in total. The van der Waals surface area contributed by atoms with Gasteiger partial charge in [-0.25, -0.2) is 4.39 Å². The molecule has 1 aliphatic carbocycles. The highest BCUT2D eigenvalue weighted by atomic mass is 19.1. The Bertz CT molecular complexity index is 361. The smallest absolute Gasteiger partial charge is 0.123 e. The third-order valence-corrected chi connectivity index (χ3v) is 2.15. The summed E-state index contributed by atoms with van der Waals surface area (Å²) >= 11 is 0. The van der Waals surface area contributed by atoms with Crippen LogP contribution in [0.2, 0.25) is 0 Å². The van der Waals surface area contributed by atoms with Crippen LogP contribution in [-0.2, 0) is 0 Å². The molecule has 66 valence electrons. The zero-order valence-corrected chi connectivity index (χ0v) is 7.33.